The van der Waals surface area contributed by atoms with Crippen LogP contribution in [0.1, 0.15) is 37.0 Å². The van der Waals surface area contributed by atoms with Gasteiger partial charge in [-0.1, -0.05) is 18.2 Å². The van der Waals surface area contributed by atoms with Crippen LogP contribution in [0.25, 0.3) is 11.0 Å². The van der Waals surface area contributed by atoms with Gasteiger partial charge < -0.3 is 14.8 Å². The lowest BCUT2D eigenvalue weighted by Gasteiger charge is -2.26. The molecule has 3 rings (SSSR count). The summed E-state index contributed by atoms with van der Waals surface area (Å²) < 4.78 is 5.78. The number of aryl methyl sites for hydroxylation is 1. The van der Waals surface area contributed by atoms with Crippen LogP contribution in [-0.4, -0.2) is 17.3 Å². The van der Waals surface area contributed by atoms with Gasteiger partial charge in [0.15, 0.2) is 0 Å². The molecule has 0 amide bonds. The van der Waals surface area contributed by atoms with Gasteiger partial charge in [0.2, 0.25) is 0 Å². The molecule has 1 aliphatic carbocycles. The Balaban J connectivity index is 1.70. The molecule has 1 fully saturated rings. The summed E-state index contributed by atoms with van der Waals surface area (Å²) >= 11 is 0. The first-order valence-corrected chi connectivity index (χ1v) is 7.12. The lowest BCUT2D eigenvalue weighted by molar-refractivity contribution is 0.116. The van der Waals surface area contributed by atoms with Crippen molar-refractivity contribution in [3.8, 4) is 0 Å². The summed E-state index contributed by atoms with van der Waals surface area (Å²) in [5.41, 5.74) is 2.23. The van der Waals surface area contributed by atoms with Crippen molar-refractivity contribution < 1.29 is 9.52 Å². The van der Waals surface area contributed by atoms with E-state index in [-0.39, 0.29) is 6.10 Å². The number of hydrogen-bond acceptors (Lipinski definition) is 3. The van der Waals surface area contributed by atoms with Crippen molar-refractivity contribution in [2.24, 2.45) is 0 Å². The molecule has 0 spiro atoms. The first-order valence-electron chi connectivity index (χ1n) is 7.12. The Morgan fingerprint density at radius 3 is 2.74 bits per heavy atom. The molecule has 0 radical (unpaired) electrons. The third kappa shape index (κ3) is 2.67. The van der Waals surface area contributed by atoms with Crippen LogP contribution in [0, 0.1) is 6.92 Å². The summed E-state index contributed by atoms with van der Waals surface area (Å²) in [6.07, 6.45) is 3.88. The normalized spacial score (nSPS) is 23.9. The van der Waals surface area contributed by atoms with Crippen LogP contribution in [0.15, 0.2) is 28.7 Å². The third-order valence-corrected chi connectivity index (χ3v) is 4.16. The van der Waals surface area contributed by atoms with Gasteiger partial charge in [0.1, 0.15) is 11.3 Å². The molecule has 1 aromatic heterocycles. The molecule has 0 saturated heterocycles. The Hall–Kier alpha value is -1.32. The Kier molecular flexibility index (Phi) is 3.58. The van der Waals surface area contributed by atoms with Gasteiger partial charge in [-0.15, -0.1) is 0 Å². The van der Waals surface area contributed by atoms with E-state index in [1.54, 1.807) is 0 Å². The lowest BCUT2D eigenvalue weighted by Crippen LogP contribution is -2.34. The number of rotatable bonds is 3. The second-order valence-corrected chi connectivity index (χ2v) is 5.52. The van der Waals surface area contributed by atoms with Gasteiger partial charge in [0.05, 0.1) is 6.10 Å². The average Bonchev–Trinajstić information content (AvgIpc) is 2.74. The van der Waals surface area contributed by atoms with E-state index in [1.165, 1.54) is 10.9 Å². The highest BCUT2D eigenvalue weighted by Crippen LogP contribution is 2.26. The summed E-state index contributed by atoms with van der Waals surface area (Å²) in [4.78, 5) is 0. The van der Waals surface area contributed by atoms with E-state index in [9.17, 15) is 5.11 Å². The number of aliphatic hydroxyl groups excluding tert-OH is 1. The number of benzene rings is 1. The van der Waals surface area contributed by atoms with Gasteiger partial charge in [0.25, 0.3) is 0 Å². The second kappa shape index (κ2) is 5.35. The summed E-state index contributed by atoms with van der Waals surface area (Å²) in [5.74, 6) is 1.00. The van der Waals surface area contributed by atoms with Crippen molar-refractivity contribution >= 4 is 11.0 Å². The summed E-state index contributed by atoms with van der Waals surface area (Å²) in [7, 11) is 0. The Morgan fingerprint density at radius 2 is 1.95 bits per heavy atom. The molecule has 0 bridgehead atoms. The van der Waals surface area contributed by atoms with Crippen LogP contribution in [-0.2, 0) is 6.54 Å². The average molecular weight is 259 g/mol. The topological polar surface area (TPSA) is 45.4 Å². The molecule has 1 heterocycles. The van der Waals surface area contributed by atoms with Crippen molar-refractivity contribution in [1.29, 1.82) is 0 Å². The van der Waals surface area contributed by atoms with Crippen LogP contribution in [0.5, 0.6) is 0 Å². The minimum Gasteiger partial charge on any atom is -0.461 e. The highest BCUT2D eigenvalue weighted by atomic mass is 16.3. The zero-order chi connectivity index (χ0) is 13.2. The largest absolute Gasteiger partial charge is 0.461 e. The molecule has 102 valence electrons. The molecule has 0 aliphatic heterocycles. The van der Waals surface area contributed by atoms with Gasteiger partial charge in [-0.25, -0.2) is 0 Å². The molecule has 2 N–H and O–H groups in total. The van der Waals surface area contributed by atoms with Gasteiger partial charge in [-0.05, 0) is 38.7 Å². The highest BCUT2D eigenvalue weighted by molar-refractivity contribution is 5.82. The molecular weight excluding hydrogens is 238 g/mol. The van der Waals surface area contributed by atoms with Gasteiger partial charge in [-0.3, -0.25) is 0 Å². The summed E-state index contributed by atoms with van der Waals surface area (Å²) in [5, 5.41) is 14.3. The van der Waals surface area contributed by atoms with Crippen molar-refractivity contribution in [1.82, 2.24) is 5.32 Å². The maximum atomic E-state index is 9.52. The van der Waals surface area contributed by atoms with E-state index in [2.05, 4.69) is 17.4 Å². The molecule has 2 aromatic rings. The van der Waals surface area contributed by atoms with Gasteiger partial charge in [0, 0.05) is 23.5 Å². The minimum atomic E-state index is -0.0884. The van der Waals surface area contributed by atoms with Crippen LogP contribution < -0.4 is 5.32 Å². The zero-order valence-electron chi connectivity index (χ0n) is 11.4. The second-order valence-electron chi connectivity index (χ2n) is 5.52. The first-order chi connectivity index (χ1) is 9.24. The Morgan fingerprint density at radius 1 is 1.21 bits per heavy atom. The molecule has 0 atom stereocenters. The predicted octanol–water partition coefficient (Wildman–Crippen LogP) is 3.13. The Labute approximate surface area is 113 Å². The van der Waals surface area contributed by atoms with Crippen LogP contribution >= 0.6 is 0 Å². The fourth-order valence-electron chi connectivity index (χ4n) is 2.97. The molecule has 19 heavy (non-hydrogen) atoms. The third-order valence-electron chi connectivity index (χ3n) is 4.16. The van der Waals surface area contributed by atoms with Crippen molar-refractivity contribution in [3.63, 3.8) is 0 Å². The van der Waals surface area contributed by atoms with E-state index in [4.69, 9.17) is 4.42 Å². The highest BCUT2D eigenvalue weighted by Gasteiger charge is 2.19. The molecule has 3 heteroatoms. The first kappa shape index (κ1) is 12.7. The molecular formula is C16H21NO2. The molecule has 1 saturated carbocycles. The number of nitrogens with one attached hydrogen (secondary N) is 1. The van der Waals surface area contributed by atoms with E-state index in [1.807, 2.05) is 19.1 Å². The maximum Gasteiger partial charge on any atom is 0.134 e. The SMILES string of the molecule is Cc1oc2ccccc2c1CNC1CCC(O)CC1. The molecule has 3 nitrogen and oxygen atoms in total. The molecule has 0 unspecified atom stereocenters. The fourth-order valence-corrected chi connectivity index (χ4v) is 2.97. The van der Waals surface area contributed by atoms with Crippen molar-refractivity contribution in [2.75, 3.05) is 0 Å². The predicted molar refractivity (Wildman–Crippen MR) is 76.1 cm³/mol. The zero-order valence-corrected chi connectivity index (χ0v) is 11.4. The smallest absolute Gasteiger partial charge is 0.134 e. The van der Waals surface area contributed by atoms with Crippen molar-refractivity contribution in [3.05, 3.63) is 35.6 Å². The number of hydrogen-bond donors (Lipinski definition) is 2. The maximum absolute atomic E-state index is 9.52. The molecule has 1 aromatic carbocycles. The van der Waals surface area contributed by atoms with Crippen LogP contribution in [0.4, 0.5) is 0 Å². The summed E-state index contributed by atoms with van der Waals surface area (Å²) in [6.45, 7) is 2.88. The number of aliphatic hydroxyl groups is 1. The Bertz CT molecular complexity index is 553. The van der Waals surface area contributed by atoms with E-state index < -0.39 is 0 Å². The fraction of sp³-hybridized carbons (Fsp3) is 0.500. The van der Waals surface area contributed by atoms with E-state index in [0.717, 1.165) is 43.6 Å². The van der Waals surface area contributed by atoms with E-state index >= 15 is 0 Å². The quantitative estimate of drug-likeness (QED) is 0.890. The van der Waals surface area contributed by atoms with Crippen LogP contribution in [0.2, 0.25) is 0 Å². The van der Waals surface area contributed by atoms with Gasteiger partial charge >= 0.3 is 0 Å². The number of fused-ring (bicyclic) bond motifs is 1. The standard InChI is InChI=1S/C16H21NO2/c1-11-15(14-4-2-3-5-16(14)19-11)10-17-12-6-8-13(18)9-7-12/h2-5,12-13,17-18H,6-10H2,1H3. The van der Waals surface area contributed by atoms with E-state index in [0.29, 0.717) is 6.04 Å². The number of para-hydroxylation sites is 1. The molecule has 1 aliphatic rings. The minimum absolute atomic E-state index is 0.0884. The lowest BCUT2D eigenvalue weighted by atomic mass is 9.93. The van der Waals surface area contributed by atoms with Crippen molar-refractivity contribution in [2.45, 2.75) is 51.3 Å². The monoisotopic (exact) mass is 259 g/mol. The number of furan rings is 1. The van der Waals surface area contributed by atoms with Gasteiger partial charge in [-0.2, -0.15) is 0 Å². The van der Waals surface area contributed by atoms with Crippen LogP contribution in [0.3, 0.4) is 0 Å². The summed E-state index contributed by atoms with van der Waals surface area (Å²) in [6, 6.07) is 8.72.